The number of carbonyl (C=O) groups excluding carboxylic acids is 1. The van der Waals surface area contributed by atoms with Gasteiger partial charge in [-0.25, -0.2) is 0 Å². The van der Waals surface area contributed by atoms with Crippen LogP contribution in [0.15, 0.2) is 24.3 Å². The predicted octanol–water partition coefficient (Wildman–Crippen LogP) is 1.86. The highest BCUT2D eigenvalue weighted by Gasteiger charge is 2.38. The third kappa shape index (κ3) is 3.13. The van der Waals surface area contributed by atoms with Crippen LogP contribution >= 0.6 is 0 Å². The first-order valence-electron chi connectivity index (χ1n) is 6.51. The summed E-state index contributed by atoms with van der Waals surface area (Å²) in [5.41, 5.74) is 2.17. The molecule has 1 aromatic rings. The number of carboxylic acid groups (broad SMARTS) is 1. The molecule has 0 bridgehead atoms. The van der Waals surface area contributed by atoms with Gasteiger partial charge in [-0.15, -0.1) is 0 Å². The fourth-order valence-electron chi connectivity index (χ4n) is 2.31. The molecule has 2 rings (SSSR count). The lowest BCUT2D eigenvalue weighted by Crippen LogP contribution is -2.48. The molecule has 0 aromatic heterocycles. The number of carboxylic acids is 1. The maximum atomic E-state index is 12.1. The highest BCUT2D eigenvalue weighted by Crippen LogP contribution is 2.31. The van der Waals surface area contributed by atoms with Crippen LogP contribution in [0.1, 0.15) is 24.0 Å². The lowest BCUT2D eigenvalue weighted by molar-refractivity contribution is -0.149. The molecule has 1 aliphatic rings. The van der Waals surface area contributed by atoms with E-state index in [4.69, 9.17) is 5.11 Å². The topological polar surface area (TPSA) is 57.6 Å². The summed E-state index contributed by atoms with van der Waals surface area (Å²) in [5.74, 6) is -0.979. The minimum absolute atomic E-state index is 0.0534. The van der Waals surface area contributed by atoms with E-state index in [1.165, 1.54) is 5.56 Å². The van der Waals surface area contributed by atoms with Crippen LogP contribution in [0.25, 0.3) is 0 Å². The average Bonchev–Trinajstić information content (AvgIpc) is 2.29. The molecule has 0 saturated heterocycles. The van der Waals surface area contributed by atoms with Gasteiger partial charge in [-0.2, -0.15) is 0 Å². The molecule has 0 unspecified atom stereocenters. The van der Waals surface area contributed by atoms with Crippen LogP contribution in [-0.4, -0.2) is 35.0 Å². The number of benzene rings is 1. The molecule has 0 aliphatic heterocycles. The highest BCUT2D eigenvalue weighted by molar-refractivity contribution is 5.79. The van der Waals surface area contributed by atoms with Gasteiger partial charge >= 0.3 is 5.97 Å². The Bertz CT molecular complexity index is 475. The molecule has 1 aliphatic carbocycles. The summed E-state index contributed by atoms with van der Waals surface area (Å²) >= 11 is 0. The van der Waals surface area contributed by atoms with E-state index in [2.05, 4.69) is 0 Å². The summed E-state index contributed by atoms with van der Waals surface area (Å²) in [5, 5.41) is 8.83. The quantitative estimate of drug-likeness (QED) is 0.900. The van der Waals surface area contributed by atoms with Gasteiger partial charge in [0.15, 0.2) is 0 Å². The lowest BCUT2D eigenvalue weighted by atomic mass is 9.79. The molecule has 0 radical (unpaired) electrons. The fourth-order valence-corrected chi connectivity index (χ4v) is 2.31. The van der Waals surface area contributed by atoms with Crippen molar-refractivity contribution >= 4 is 11.9 Å². The second-order valence-electron chi connectivity index (χ2n) is 5.33. The standard InChI is InChI=1S/C15H19NO3/c1-10-3-5-11(6-4-10)7-14(17)16(2)13-8-12(9-13)15(18)19/h3-6,12-13H,7-9H2,1-2H3,(H,18,19). The summed E-state index contributed by atoms with van der Waals surface area (Å²) in [7, 11) is 1.76. The Morgan fingerprint density at radius 3 is 2.37 bits per heavy atom. The van der Waals surface area contributed by atoms with E-state index in [9.17, 15) is 9.59 Å². The van der Waals surface area contributed by atoms with Crippen molar-refractivity contribution in [3.8, 4) is 0 Å². The Hall–Kier alpha value is -1.84. The van der Waals surface area contributed by atoms with E-state index in [1.807, 2.05) is 31.2 Å². The summed E-state index contributed by atoms with van der Waals surface area (Å²) in [6.07, 6.45) is 1.53. The molecule has 1 fully saturated rings. The molecule has 102 valence electrons. The van der Waals surface area contributed by atoms with Gasteiger partial charge in [-0.1, -0.05) is 29.8 Å². The first kappa shape index (κ1) is 13.6. The first-order valence-corrected chi connectivity index (χ1v) is 6.51. The summed E-state index contributed by atoms with van der Waals surface area (Å²) in [6, 6.07) is 7.99. The normalized spacial score (nSPS) is 21.6. The van der Waals surface area contributed by atoms with Crippen molar-refractivity contribution in [1.29, 1.82) is 0 Å². The Labute approximate surface area is 113 Å². The van der Waals surface area contributed by atoms with Crippen LogP contribution in [-0.2, 0) is 16.0 Å². The molecule has 4 heteroatoms. The number of amides is 1. The van der Waals surface area contributed by atoms with Crippen molar-refractivity contribution in [3.63, 3.8) is 0 Å². The number of nitrogens with zero attached hydrogens (tertiary/aromatic N) is 1. The van der Waals surface area contributed by atoms with Crippen molar-refractivity contribution in [3.05, 3.63) is 35.4 Å². The molecule has 1 aromatic carbocycles. The third-order valence-corrected chi connectivity index (χ3v) is 3.88. The van der Waals surface area contributed by atoms with Gasteiger partial charge in [0.05, 0.1) is 12.3 Å². The molecule has 4 nitrogen and oxygen atoms in total. The van der Waals surface area contributed by atoms with E-state index in [0.29, 0.717) is 19.3 Å². The molecular weight excluding hydrogens is 242 g/mol. The molecule has 1 saturated carbocycles. The summed E-state index contributed by atoms with van der Waals surface area (Å²) < 4.78 is 0. The monoisotopic (exact) mass is 261 g/mol. The number of rotatable bonds is 4. The average molecular weight is 261 g/mol. The van der Waals surface area contributed by atoms with Gasteiger partial charge in [0, 0.05) is 13.1 Å². The van der Waals surface area contributed by atoms with Gasteiger partial charge in [0.2, 0.25) is 5.91 Å². The fraction of sp³-hybridized carbons (Fsp3) is 0.467. The number of aryl methyl sites for hydroxylation is 1. The van der Waals surface area contributed by atoms with E-state index in [-0.39, 0.29) is 17.9 Å². The molecule has 19 heavy (non-hydrogen) atoms. The largest absolute Gasteiger partial charge is 0.481 e. The van der Waals surface area contributed by atoms with E-state index >= 15 is 0 Å². The van der Waals surface area contributed by atoms with Crippen molar-refractivity contribution in [2.75, 3.05) is 7.05 Å². The van der Waals surface area contributed by atoms with Gasteiger partial charge in [0.1, 0.15) is 0 Å². The highest BCUT2D eigenvalue weighted by atomic mass is 16.4. The number of likely N-dealkylation sites (N-methyl/N-ethyl adjacent to an activating group) is 1. The van der Waals surface area contributed by atoms with Gasteiger partial charge in [-0.05, 0) is 25.3 Å². The van der Waals surface area contributed by atoms with Gasteiger partial charge < -0.3 is 10.0 Å². The maximum Gasteiger partial charge on any atom is 0.306 e. The molecule has 0 atom stereocenters. The Kier molecular flexibility index (Phi) is 3.88. The molecule has 1 amide bonds. The van der Waals surface area contributed by atoms with E-state index in [0.717, 1.165) is 5.56 Å². The van der Waals surface area contributed by atoms with Crippen molar-refractivity contribution < 1.29 is 14.7 Å². The Morgan fingerprint density at radius 1 is 1.26 bits per heavy atom. The lowest BCUT2D eigenvalue weighted by Gasteiger charge is -2.39. The molecule has 0 spiro atoms. The van der Waals surface area contributed by atoms with Crippen LogP contribution in [0.3, 0.4) is 0 Å². The number of hydrogen-bond donors (Lipinski definition) is 1. The number of carbonyl (C=O) groups is 2. The SMILES string of the molecule is Cc1ccc(CC(=O)N(C)C2CC(C(=O)O)C2)cc1. The maximum absolute atomic E-state index is 12.1. The zero-order valence-corrected chi connectivity index (χ0v) is 11.3. The minimum atomic E-state index is -0.754. The Morgan fingerprint density at radius 2 is 1.84 bits per heavy atom. The van der Waals surface area contributed by atoms with Crippen molar-refractivity contribution in [2.24, 2.45) is 5.92 Å². The predicted molar refractivity (Wildman–Crippen MR) is 71.8 cm³/mol. The van der Waals surface area contributed by atoms with Crippen molar-refractivity contribution in [2.45, 2.75) is 32.2 Å². The zero-order valence-electron chi connectivity index (χ0n) is 11.3. The van der Waals surface area contributed by atoms with E-state index < -0.39 is 5.97 Å². The molecule has 0 heterocycles. The van der Waals surface area contributed by atoms with E-state index in [1.54, 1.807) is 11.9 Å². The summed E-state index contributed by atoms with van der Waals surface area (Å²) in [4.78, 5) is 24.5. The summed E-state index contributed by atoms with van der Waals surface area (Å²) in [6.45, 7) is 2.01. The van der Waals surface area contributed by atoms with Crippen LogP contribution in [0.4, 0.5) is 0 Å². The Balaban J connectivity index is 1.87. The smallest absolute Gasteiger partial charge is 0.306 e. The molecule has 1 N–H and O–H groups in total. The van der Waals surface area contributed by atoms with Crippen LogP contribution in [0, 0.1) is 12.8 Å². The van der Waals surface area contributed by atoms with Crippen LogP contribution in [0.5, 0.6) is 0 Å². The van der Waals surface area contributed by atoms with Gasteiger partial charge in [0.25, 0.3) is 0 Å². The zero-order chi connectivity index (χ0) is 14.0. The molecular formula is C15H19NO3. The first-order chi connectivity index (χ1) is 8.97. The number of hydrogen-bond acceptors (Lipinski definition) is 2. The van der Waals surface area contributed by atoms with Crippen molar-refractivity contribution in [1.82, 2.24) is 4.90 Å². The second-order valence-corrected chi connectivity index (χ2v) is 5.33. The van der Waals surface area contributed by atoms with Crippen LogP contribution in [0.2, 0.25) is 0 Å². The van der Waals surface area contributed by atoms with Gasteiger partial charge in [-0.3, -0.25) is 9.59 Å². The van der Waals surface area contributed by atoms with Crippen LogP contribution < -0.4 is 0 Å². The minimum Gasteiger partial charge on any atom is -0.481 e. The second kappa shape index (κ2) is 5.43. The number of aliphatic carboxylic acids is 1. The third-order valence-electron chi connectivity index (χ3n) is 3.88.